The summed E-state index contributed by atoms with van der Waals surface area (Å²) in [5.41, 5.74) is 3.78. The van der Waals surface area contributed by atoms with Gasteiger partial charge >= 0.3 is 0 Å². The zero-order chi connectivity index (χ0) is 23.3. The van der Waals surface area contributed by atoms with Gasteiger partial charge in [-0.1, -0.05) is 109 Å². The number of pyridine rings is 1. The highest BCUT2D eigenvalue weighted by molar-refractivity contribution is 6.15. The van der Waals surface area contributed by atoms with E-state index in [1.807, 2.05) is 103 Å². The van der Waals surface area contributed by atoms with Crippen LogP contribution in [0.5, 0.6) is 0 Å². The predicted octanol–water partition coefficient (Wildman–Crippen LogP) is 5.89. The molecule has 34 heavy (non-hydrogen) atoms. The highest BCUT2D eigenvalue weighted by atomic mass is 16.1. The smallest absolute Gasteiger partial charge is 0.264 e. The molecule has 0 saturated carbocycles. The number of hydrogen-bond donors (Lipinski definition) is 1. The molecule has 0 atom stereocenters. The Labute approximate surface area is 198 Å². The van der Waals surface area contributed by atoms with E-state index in [2.05, 4.69) is 5.32 Å². The average molecular weight is 445 g/mol. The van der Waals surface area contributed by atoms with Crippen LogP contribution in [0.1, 0.15) is 27.0 Å². The number of aromatic nitrogens is 1. The fourth-order valence-corrected chi connectivity index (χ4v) is 4.24. The van der Waals surface area contributed by atoms with Crippen LogP contribution in [0.25, 0.3) is 10.9 Å². The normalized spacial score (nSPS) is 10.8. The number of ketones is 1. The lowest BCUT2D eigenvalue weighted by molar-refractivity contribution is 0.103. The lowest BCUT2D eigenvalue weighted by Gasteiger charge is -2.19. The van der Waals surface area contributed by atoms with Crippen molar-refractivity contribution in [3.05, 3.63) is 148 Å². The average Bonchev–Trinajstić information content (AvgIpc) is 2.90. The first kappa shape index (κ1) is 21.4. The molecule has 4 heteroatoms. The molecule has 1 heterocycles. The molecule has 0 saturated heterocycles. The van der Waals surface area contributed by atoms with Crippen LogP contribution >= 0.6 is 0 Å². The lowest BCUT2D eigenvalue weighted by atomic mass is 9.99. The van der Waals surface area contributed by atoms with Crippen molar-refractivity contribution in [1.29, 1.82) is 0 Å². The summed E-state index contributed by atoms with van der Waals surface area (Å²) in [6.45, 7) is 0.885. The van der Waals surface area contributed by atoms with Gasteiger partial charge in [-0.3, -0.25) is 9.59 Å². The molecule has 1 N–H and O–H groups in total. The maximum absolute atomic E-state index is 13.9. The van der Waals surface area contributed by atoms with E-state index in [1.165, 1.54) is 0 Å². The van der Waals surface area contributed by atoms with Crippen LogP contribution in [0.3, 0.4) is 0 Å². The van der Waals surface area contributed by atoms with Crippen LogP contribution in [-0.4, -0.2) is 10.4 Å². The highest BCUT2D eigenvalue weighted by Gasteiger charge is 2.23. The number of nitrogens with zero attached hydrogens (tertiary/aromatic N) is 1. The minimum atomic E-state index is -0.299. The molecule has 0 radical (unpaired) electrons. The third-order valence-corrected chi connectivity index (χ3v) is 5.93. The van der Waals surface area contributed by atoms with Crippen molar-refractivity contribution >= 4 is 22.4 Å². The van der Waals surface area contributed by atoms with Gasteiger partial charge in [0.05, 0.1) is 17.7 Å². The van der Waals surface area contributed by atoms with E-state index in [9.17, 15) is 9.59 Å². The van der Waals surface area contributed by atoms with Gasteiger partial charge in [0.25, 0.3) is 5.56 Å². The summed E-state index contributed by atoms with van der Waals surface area (Å²) >= 11 is 0. The molecular formula is C30H24N2O2. The molecule has 0 fully saturated rings. The summed E-state index contributed by atoms with van der Waals surface area (Å²) < 4.78 is 1.70. The topological polar surface area (TPSA) is 51.1 Å². The Kier molecular flexibility index (Phi) is 6.04. The zero-order valence-corrected chi connectivity index (χ0v) is 18.6. The van der Waals surface area contributed by atoms with Crippen LogP contribution in [0.15, 0.2) is 120 Å². The molecule has 5 rings (SSSR count). The van der Waals surface area contributed by atoms with Gasteiger partial charge in [-0.25, -0.2) is 0 Å². The van der Waals surface area contributed by atoms with E-state index in [4.69, 9.17) is 0 Å². The fraction of sp³-hybridized carbons (Fsp3) is 0.0667. The molecule has 0 amide bonds. The second kappa shape index (κ2) is 9.59. The van der Waals surface area contributed by atoms with Gasteiger partial charge in [0.15, 0.2) is 0 Å². The second-order valence-corrected chi connectivity index (χ2v) is 8.18. The van der Waals surface area contributed by atoms with E-state index in [0.29, 0.717) is 24.3 Å². The third-order valence-electron chi connectivity index (χ3n) is 5.93. The minimum absolute atomic E-state index is 0.164. The van der Waals surface area contributed by atoms with Crippen LogP contribution in [0, 0.1) is 0 Å². The number of hydrogen-bond acceptors (Lipinski definition) is 3. The van der Waals surface area contributed by atoms with Crippen LogP contribution in [0.4, 0.5) is 5.69 Å². The Morgan fingerprint density at radius 2 is 1.24 bits per heavy atom. The van der Waals surface area contributed by atoms with Gasteiger partial charge in [-0.2, -0.15) is 0 Å². The summed E-state index contributed by atoms with van der Waals surface area (Å²) in [6, 6.07) is 36.5. The first-order chi connectivity index (χ1) is 16.7. The van der Waals surface area contributed by atoms with Crippen molar-refractivity contribution in [2.24, 2.45) is 0 Å². The third kappa shape index (κ3) is 4.26. The maximum atomic E-state index is 13.9. The minimum Gasteiger partial charge on any atom is -0.380 e. The Morgan fingerprint density at radius 1 is 0.676 bits per heavy atom. The molecule has 0 spiro atoms. The van der Waals surface area contributed by atoms with E-state index < -0.39 is 0 Å². The van der Waals surface area contributed by atoms with Crippen molar-refractivity contribution < 1.29 is 4.79 Å². The van der Waals surface area contributed by atoms with Gasteiger partial charge < -0.3 is 9.88 Å². The molecule has 4 nitrogen and oxygen atoms in total. The number of carbonyl (C=O) groups is 1. The number of benzene rings is 4. The summed E-state index contributed by atoms with van der Waals surface area (Å²) in [6.07, 6.45) is 0. The molecule has 1 aromatic heterocycles. The van der Waals surface area contributed by atoms with Crippen molar-refractivity contribution in [2.75, 3.05) is 5.32 Å². The quantitative estimate of drug-likeness (QED) is 0.318. The van der Waals surface area contributed by atoms with Crippen molar-refractivity contribution in [1.82, 2.24) is 4.57 Å². The van der Waals surface area contributed by atoms with Crippen molar-refractivity contribution in [3.8, 4) is 0 Å². The molecule has 4 aromatic carbocycles. The zero-order valence-electron chi connectivity index (χ0n) is 18.6. The fourth-order valence-electron chi connectivity index (χ4n) is 4.24. The number of carbonyl (C=O) groups excluding carboxylic acids is 1. The molecule has 166 valence electrons. The standard InChI is InChI=1S/C30H24N2O2/c33-29(24-16-8-3-9-17-24)27-28(31-20-22-12-4-1-5-13-22)25-18-10-11-19-26(25)32(30(27)34)21-23-14-6-2-7-15-23/h1-19,31H,20-21H2. The summed E-state index contributed by atoms with van der Waals surface area (Å²) in [5.74, 6) is -0.284. The molecule has 0 unspecified atom stereocenters. The monoisotopic (exact) mass is 444 g/mol. The first-order valence-corrected chi connectivity index (χ1v) is 11.3. The van der Waals surface area contributed by atoms with Crippen molar-refractivity contribution in [3.63, 3.8) is 0 Å². The second-order valence-electron chi connectivity index (χ2n) is 8.18. The maximum Gasteiger partial charge on any atom is 0.264 e. The summed E-state index contributed by atoms with van der Waals surface area (Å²) in [4.78, 5) is 27.6. The highest BCUT2D eigenvalue weighted by Crippen LogP contribution is 2.28. The number of anilines is 1. The Hall–Kier alpha value is -4.44. The van der Waals surface area contributed by atoms with Crippen LogP contribution < -0.4 is 10.9 Å². The van der Waals surface area contributed by atoms with Gasteiger partial charge in [-0.15, -0.1) is 0 Å². The molecular weight excluding hydrogens is 420 g/mol. The molecule has 0 bridgehead atoms. The lowest BCUT2D eigenvalue weighted by Crippen LogP contribution is -2.29. The predicted molar refractivity (Wildman–Crippen MR) is 137 cm³/mol. The van der Waals surface area contributed by atoms with E-state index in [0.717, 1.165) is 22.0 Å². The van der Waals surface area contributed by atoms with Gasteiger partial charge in [0, 0.05) is 17.5 Å². The van der Waals surface area contributed by atoms with Gasteiger partial charge in [0.1, 0.15) is 5.56 Å². The largest absolute Gasteiger partial charge is 0.380 e. The molecule has 0 aliphatic carbocycles. The van der Waals surface area contributed by atoms with Gasteiger partial charge in [-0.05, 0) is 17.2 Å². The molecule has 0 aliphatic rings. The SMILES string of the molecule is O=C(c1ccccc1)c1c(NCc2ccccc2)c2ccccc2n(Cc2ccccc2)c1=O. The van der Waals surface area contributed by atoms with E-state index >= 15 is 0 Å². The van der Waals surface area contributed by atoms with Gasteiger partial charge in [0.2, 0.25) is 5.78 Å². The number of nitrogens with one attached hydrogen (secondary N) is 1. The van der Waals surface area contributed by atoms with Crippen LogP contribution in [0.2, 0.25) is 0 Å². The Morgan fingerprint density at radius 3 is 1.91 bits per heavy atom. The molecule has 5 aromatic rings. The summed E-state index contributed by atoms with van der Waals surface area (Å²) in [7, 11) is 0. The number of para-hydroxylation sites is 1. The van der Waals surface area contributed by atoms with E-state index in [1.54, 1.807) is 16.7 Å². The van der Waals surface area contributed by atoms with Crippen molar-refractivity contribution in [2.45, 2.75) is 13.1 Å². The van der Waals surface area contributed by atoms with Crippen LogP contribution in [-0.2, 0) is 13.1 Å². The Bertz CT molecular complexity index is 1490. The summed E-state index contributed by atoms with van der Waals surface area (Å²) in [5, 5.41) is 4.26. The number of rotatable bonds is 7. The number of fused-ring (bicyclic) bond motifs is 1. The molecule has 0 aliphatic heterocycles. The van der Waals surface area contributed by atoms with E-state index in [-0.39, 0.29) is 16.9 Å². The Balaban J connectivity index is 1.72. The first-order valence-electron chi connectivity index (χ1n) is 11.3.